The van der Waals surface area contributed by atoms with Crippen molar-refractivity contribution in [2.45, 2.75) is 38.1 Å². The highest BCUT2D eigenvalue weighted by atomic mass is 32.2. The number of sulfonamides is 1. The lowest BCUT2D eigenvalue weighted by Gasteiger charge is -2.20. The highest BCUT2D eigenvalue weighted by Gasteiger charge is 2.27. The van der Waals surface area contributed by atoms with Crippen LogP contribution in [-0.2, 0) is 16.6 Å². The lowest BCUT2D eigenvalue weighted by Crippen LogP contribution is -2.27. The smallest absolute Gasteiger partial charge is 0.243 e. The van der Waals surface area contributed by atoms with Gasteiger partial charge in [0.2, 0.25) is 21.7 Å². The summed E-state index contributed by atoms with van der Waals surface area (Å²) < 4.78 is 38.2. The Morgan fingerprint density at radius 3 is 2.68 bits per heavy atom. The number of hydrogen-bond donors (Lipinski definition) is 0. The first-order valence-corrected chi connectivity index (χ1v) is 11.1. The second kappa shape index (κ2) is 8.02. The third-order valence-corrected chi connectivity index (χ3v) is 7.22. The van der Waals surface area contributed by atoms with Crippen molar-refractivity contribution in [1.29, 1.82) is 0 Å². The maximum Gasteiger partial charge on any atom is 0.243 e. The van der Waals surface area contributed by atoms with E-state index < -0.39 is 10.0 Å². The highest BCUT2D eigenvalue weighted by molar-refractivity contribution is 7.89. The molecular formula is C19H23N3O4S2. The third-order valence-electron chi connectivity index (χ3n) is 4.41. The van der Waals surface area contributed by atoms with Crippen LogP contribution in [0.4, 0.5) is 0 Å². The van der Waals surface area contributed by atoms with Gasteiger partial charge in [0, 0.05) is 7.05 Å². The van der Waals surface area contributed by atoms with Crippen molar-refractivity contribution < 1.29 is 17.7 Å². The van der Waals surface area contributed by atoms with Crippen LogP contribution in [0.3, 0.4) is 0 Å². The van der Waals surface area contributed by atoms with Crippen LogP contribution in [0.5, 0.6) is 5.75 Å². The van der Waals surface area contributed by atoms with E-state index in [1.165, 1.54) is 22.7 Å². The summed E-state index contributed by atoms with van der Waals surface area (Å²) >= 11 is 1.49. The van der Waals surface area contributed by atoms with Crippen molar-refractivity contribution in [3.63, 3.8) is 0 Å². The Balaban J connectivity index is 1.89. The normalized spacial score (nSPS) is 12.1. The number of ether oxygens (including phenoxy) is 1. The Hall–Kier alpha value is -2.23. The van der Waals surface area contributed by atoms with Gasteiger partial charge in [0.15, 0.2) is 0 Å². The van der Waals surface area contributed by atoms with Gasteiger partial charge >= 0.3 is 0 Å². The van der Waals surface area contributed by atoms with Gasteiger partial charge in [-0.3, -0.25) is 0 Å². The van der Waals surface area contributed by atoms with E-state index in [4.69, 9.17) is 9.26 Å². The molecule has 7 nitrogen and oxygen atoms in total. The van der Waals surface area contributed by atoms with Crippen molar-refractivity contribution in [2.75, 3.05) is 14.2 Å². The Labute approximate surface area is 169 Å². The van der Waals surface area contributed by atoms with Gasteiger partial charge in [0.1, 0.15) is 5.75 Å². The minimum absolute atomic E-state index is 0.0107. The van der Waals surface area contributed by atoms with E-state index in [1.807, 2.05) is 31.4 Å². The Morgan fingerprint density at radius 1 is 1.32 bits per heavy atom. The zero-order valence-corrected chi connectivity index (χ0v) is 18.1. The molecule has 0 N–H and O–H groups in total. The quantitative estimate of drug-likeness (QED) is 0.572. The first kappa shape index (κ1) is 20.5. The number of benzene rings is 1. The average Bonchev–Trinajstić information content (AvgIpc) is 3.32. The SMILES string of the molecule is COc1cc(C)c(S(=O)(=O)N(C)Cc2nc(-c3cccs3)no2)cc1C(C)C. The molecule has 2 heterocycles. The van der Waals surface area contributed by atoms with Gasteiger partial charge in [0.25, 0.3) is 0 Å². The molecule has 0 aliphatic heterocycles. The number of thiophene rings is 1. The standard InChI is InChI=1S/C19H23N3O4S2/c1-12(2)14-10-17(13(3)9-15(14)25-5)28(23,24)22(4)11-18-20-19(21-26-18)16-7-6-8-27-16/h6-10,12H,11H2,1-5H3. The van der Waals surface area contributed by atoms with Crippen LogP contribution in [0.15, 0.2) is 39.1 Å². The summed E-state index contributed by atoms with van der Waals surface area (Å²) in [6.45, 7) is 5.74. The summed E-state index contributed by atoms with van der Waals surface area (Å²) in [5.41, 5.74) is 1.47. The molecule has 0 atom stereocenters. The van der Waals surface area contributed by atoms with Crippen molar-refractivity contribution >= 4 is 21.4 Å². The third kappa shape index (κ3) is 3.96. The molecule has 3 aromatic rings. The van der Waals surface area contributed by atoms with E-state index >= 15 is 0 Å². The largest absolute Gasteiger partial charge is 0.496 e. The number of nitrogens with zero attached hydrogens (tertiary/aromatic N) is 3. The van der Waals surface area contributed by atoms with Crippen LogP contribution in [0.1, 0.15) is 36.8 Å². The number of methoxy groups -OCH3 is 1. The zero-order valence-electron chi connectivity index (χ0n) is 16.5. The fraction of sp³-hybridized carbons (Fsp3) is 0.368. The van der Waals surface area contributed by atoms with E-state index in [9.17, 15) is 8.42 Å². The molecule has 0 saturated heterocycles. The molecule has 1 aromatic carbocycles. The molecule has 2 aromatic heterocycles. The highest BCUT2D eigenvalue weighted by Crippen LogP contribution is 2.33. The van der Waals surface area contributed by atoms with Crippen LogP contribution < -0.4 is 4.74 Å². The average molecular weight is 422 g/mol. The van der Waals surface area contributed by atoms with Crippen molar-refractivity contribution in [3.8, 4) is 16.5 Å². The Morgan fingerprint density at radius 2 is 2.07 bits per heavy atom. The zero-order chi connectivity index (χ0) is 20.5. The van der Waals surface area contributed by atoms with Crippen LogP contribution in [0, 0.1) is 6.92 Å². The predicted octanol–water partition coefficient (Wildman–Crippen LogP) is 4.06. The van der Waals surface area contributed by atoms with Crippen LogP contribution >= 0.6 is 11.3 Å². The summed E-state index contributed by atoms with van der Waals surface area (Å²) in [5, 5.41) is 5.85. The minimum Gasteiger partial charge on any atom is -0.496 e. The molecule has 0 amide bonds. The van der Waals surface area contributed by atoms with Crippen LogP contribution in [0.2, 0.25) is 0 Å². The Kier molecular flexibility index (Phi) is 5.87. The van der Waals surface area contributed by atoms with Crippen molar-refractivity contribution in [1.82, 2.24) is 14.4 Å². The topological polar surface area (TPSA) is 85.5 Å². The van der Waals surface area contributed by atoms with Gasteiger partial charge in [-0.05, 0) is 47.5 Å². The van der Waals surface area contributed by atoms with Gasteiger partial charge < -0.3 is 9.26 Å². The molecule has 0 fully saturated rings. The lowest BCUT2D eigenvalue weighted by molar-refractivity contribution is 0.336. The first-order valence-electron chi connectivity index (χ1n) is 8.75. The molecule has 150 valence electrons. The second-order valence-corrected chi connectivity index (χ2v) is 9.73. The number of rotatable bonds is 7. The molecule has 0 aliphatic carbocycles. The van der Waals surface area contributed by atoms with Crippen LogP contribution in [-0.4, -0.2) is 37.0 Å². The lowest BCUT2D eigenvalue weighted by atomic mass is 10.0. The second-order valence-electron chi connectivity index (χ2n) is 6.76. The van der Waals surface area contributed by atoms with E-state index in [0.717, 1.165) is 10.4 Å². The van der Waals surface area contributed by atoms with Crippen molar-refractivity contribution in [2.24, 2.45) is 0 Å². The van der Waals surface area contributed by atoms with Crippen LogP contribution in [0.25, 0.3) is 10.7 Å². The summed E-state index contributed by atoms with van der Waals surface area (Å²) in [6, 6.07) is 7.23. The van der Waals surface area contributed by atoms with Gasteiger partial charge in [0.05, 0.1) is 23.4 Å². The molecule has 28 heavy (non-hydrogen) atoms. The van der Waals surface area contributed by atoms with E-state index in [0.29, 0.717) is 17.1 Å². The molecule has 0 radical (unpaired) electrons. The maximum atomic E-state index is 13.2. The van der Waals surface area contributed by atoms with Gasteiger partial charge in [-0.15, -0.1) is 11.3 Å². The van der Waals surface area contributed by atoms with Crippen molar-refractivity contribution in [3.05, 3.63) is 46.7 Å². The molecule has 3 rings (SSSR count). The van der Waals surface area contributed by atoms with E-state index in [1.54, 1.807) is 26.2 Å². The molecular weight excluding hydrogens is 398 g/mol. The van der Waals surface area contributed by atoms with Gasteiger partial charge in [-0.2, -0.15) is 9.29 Å². The number of aromatic nitrogens is 2. The van der Waals surface area contributed by atoms with Gasteiger partial charge in [-0.1, -0.05) is 25.1 Å². The van der Waals surface area contributed by atoms with Gasteiger partial charge in [-0.25, -0.2) is 8.42 Å². The molecule has 0 saturated carbocycles. The number of hydrogen-bond acceptors (Lipinski definition) is 7. The molecule has 0 bridgehead atoms. The maximum absolute atomic E-state index is 13.2. The summed E-state index contributed by atoms with van der Waals surface area (Å²) in [7, 11) is -0.653. The minimum atomic E-state index is -3.74. The molecule has 0 aliphatic rings. The Bertz CT molecular complexity index is 1060. The fourth-order valence-electron chi connectivity index (χ4n) is 2.85. The predicted molar refractivity (Wildman–Crippen MR) is 108 cm³/mol. The van der Waals surface area contributed by atoms with E-state index in [-0.39, 0.29) is 23.2 Å². The number of aryl methyl sites for hydroxylation is 1. The van der Waals surface area contributed by atoms with E-state index in [2.05, 4.69) is 10.1 Å². The summed E-state index contributed by atoms with van der Waals surface area (Å²) in [4.78, 5) is 5.42. The molecule has 0 unspecified atom stereocenters. The molecule has 0 spiro atoms. The fourth-order valence-corrected chi connectivity index (χ4v) is 4.86. The summed E-state index contributed by atoms with van der Waals surface area (Å²) in [6.07, 6.45) is 0. The molecule has 9 heteroatoms. The summed E-state index contributed by atoms with van der Waals surface area (Å²) in [5.74, 6) is 1.51. The first-order chi connectivity index (χ1) is 13.2. The monoisotopic (exact) mass is 421 g/mol.